The van der Waals surface area contributed by atoms with E-state index in [1.165, 1.54) is 6.07 Å². The Morgan fingerprint density at radius 2 is 2.13 bits per heavy atom. The fourth-order valence-electron chi connectivity index (χ4n) is 1.11. The maximum absolute atomic E-state index is 13.2. The Hall–Kier alpha value is -0.460. The Labute approximate surface area is 96.9 Å². The molecule has 3 nitrogen and oxygen atoms in total. The zero-order chi connectivity index (χ0) is 11.5. The first-order valence-corrected chi connectivity index (χ1v) is 6.95. The third-order valence-electron chi connectivity index (χ3n) is 1.77. The minimum atomic E-state index is -3.20. The minimum absolute atomic E-state index is 0.201. The molecule has 1 aromatic carbocycles. The van der Waals surface area contributed by atoms with Gasteiger partial charge in [0.05, 0.1) is 6.26 Å². The zero-order valence-corrected chi connectivity index (χ0v) is 10.5. The Morgan fingerprint density at radius 1 is 1.47 bits per heavy atom. The van der Waals surface area contributed by atoms with Gasteiger partial charge >= 0.3 is 0 Å². The second-order valence-electron chi connectivity index (χ2n) is 3.15. The number of hydrogen-bond donors (Lipinski definition) is 1. The van der Waals surface area contributed by atoms with Gasteiger partial charge in [0.1, 0.15) is 5.82 Å². The highest BCUT2D eigenvalue weighted by atomic mass is 79.9. The fraction of sp³-hybridized carbons (Fsp3) is 0.333. The van der Waals surface area contributed by atoms with E-state index in [2.05, 4.69) is 20.7 Å². The van der Waals surface area contributed by atoms with Crippen LogP contribution in [0.15, 0.2) is 22.7 Å². The van der Waals surface area contributed by atoms with Crippen molar-refractivity contribution in [3.8, 4) is 0 Å². The van der Waals surface area contributed by atoms with Gasteiger partial charge in [-0.05, 0) is 30.2 Å². The molecule has 0 spiro atoms. The summed E-state index contributed by atoms with van der Waals surface area (Å²) in [4.78, 5) is 0. The van der Waals surface area contributed by atoms with E-state index in [-0.39, 0.29) is 12.4 Å². The molecule has 0 atom stereocenters. The summed E-state index contributed by atoms with van der Waals surface area (Å²) in [7, 11) is -3.20. The summed E-state index contributed by atoms with van der Waals surface area (Å²) >= 11 is 3.22. The number of hydrogen-bond acceptors (Lipinski definition) is 2. The van der Waals surface area contributed by atoms with E-state index >= 15 is 0 Å². The number of benzene rings is 1. The van der Waals surface area contributed by atoms with Crippen molar-refractivity contribution in [2.45, 2.75) is 6.42 Å². The average molecular weight is 296 g/mol. The van der Waals surface area contributed by atoms with Crippen LogP contribution < -0.4 is 4.72 Å². The molecule has 0 saturated carbocycles. The Bertz CT molecular complexity index is 447. The molecule has 0 amide bonds. The van der Waals surface area contributed by atoms with Crippen molar-refractivity contribution in [1.29, 1.82) is 0 Å². The van der Waals surface area contributed by atoms with Gasteiger partial charge in [0.15, 0.2) is 0 Å². The summed E-state index contributed by atoms with van der Waals surface area (Å²) in [6.45, 7) is 0.201. The summed E-state index contributed by atoms with van der Waals surface area (Å²) in [6.07, 6.45) is 1.41. The maximum Gasteiger partial charge on any atom is 0.208 e. The maximum atomic E-state index is 13.2. The van der Waals surface area contributed by atoms with Gasteiger partial charge in [-0.3, -0.25) is 0 Å². The van der Waals surface area contributed by atoms with Crippen molar-refractivity contribution >= 4 is 26.0 Å². The molecule has 0 aliphatic rings. The van der Waals surface area contributed by atoms with Gasteiger partial charge in [-0.15, -0.1) is 0 Å². The molecule has 0 unspecified atom stereocenters. The summed E-state index contributed by atoms with van der Waals surface area (Å²) < 4.78 is 37.8. The summed E-state index contributed by atoms with van der Waals surface area (Å²) in [5, 5.41) is 0. The van der Waals surface area contributed by atoms with E-state index in [0.29, 0.717) is 12.0 Å². The van der Waals surface area contributed by atoms with Gasteiger partial charge in [-0.1, -0.05) is 15.9 Å². The molecule has 0 saturated heterocycles. The van der Waals surface area contributed by atoms with E-state index in [1.54, 1.807) is 12.1 Å². The second kappa shape index (κ2) is 5.05. The predicted molar refractivity (Wildman–Crippen MR) is 60.7 cm³/mol. The smallest absolute Gasteiger partial charge is 0.208 e. The first-order chi connectivity index (χ1) is 6.88. The third kappa shape index (κ3) is 4.72. The van der Waals surface area contributed by atoms with Crippen LogP contribution in [0.4, 0.5) is 4.39 Å². The van der Waals surface area contributed by atoms with Crippen molar-refractivity contribution < 1.29 is 12.8 Å². The van der Waals surface area contributed by atoms with Crippen LogP contribution in [0, 0.1) is 5.82 Å². The zero-order valence-electron chi connectivity index (χ0n) is 8.13. The van der Waals surface area contributed by atoms with E-state index in [0.717, 1.165) is 10.7 Å². The Balaban J connectivity index is 2.61. The highest BCUT2D eigenvalue weighted by molar-refractivity contribution is 9.10. The average Bonchev–Trinajstić information content (AvgIpc) is 2.09. The van der Waals surface area contributed by atoms with Crippen LogP contribution in [0.5, 0.6) is 0 Å². The normalized spacial score (nSPS) is 11.7. The van der Waals surface area contributed by atoms with Crippen LogP contribution in [-0.4, -0.2) is 21.2 Å². The molecule has 1 rings (SSSR count). The van der Waals surface area contributed by atoms with Crippen molar-refractivity contribution in [1.82, 2.24) is 4.72 Å². The quantitative estimate of drug-likeness (QED) is 0.919. The van der Waals surface area contributed by atoms with E-state index in [9.17, 15) is 12.8 Å². The molecule has 0 radical (unpaired) electrons. The van der Waals surface area contributed by atoms with Crippen LogP contribution in [0.2, 0.25) is 0 Å². The second-order valence-corrected chi connectivity index (χ2v) is 5.90. The fourth-order valence-corrected chi connectivity index (χ4v) is 1.99. The van der Waals surface area contributed by atoms with Crippen molar-refractivity contribution in [3.05, 3.63) is 34.1 Å². The molecule has 1 N–H and O–H groups in total. The lowest BCUT2D eigenvalue weighted by Gasteiger charge is -2.04. The van der Waals surface area contributed by atoms with Gasteiger partial charge in [0.25, 0.3) is 0 Å². The molecule has 0 aromatic heterocycles. The number of halogens is 2. The van der Waals surface area contributed by atoms with Gasteiger partial charge < -0.3 is 0 Å². The molecule has 15 heavy (non-hydrogen) atoms. The Morgan fingerprint density at radius 3 is 2.73 bits per heavy atom. The van der Waals surface area contributed by atoms with E-state index in [4.69, 9.17) is 0 Å². The van der Waals surface area contributed by atoms with Gasteiger partial charge in [0, 0.05) is 11.0 Å². The lowest BCUT2D eigenvalue weighted by Crippen LogP contribution is -2.24. The monoisotopic (exact) mass is 295 g/mol. The molecule has 84 valence electrons. The van der Waals surface area contributed by atoms with Crippen LogP contribution in [0.3, 0.4) is 0 Å². The van der Waals surface area contributed by atoms with Crippen molar-refractivity contribution in [2.75, 3.05) is 12.8 Å². The van der Waals surface area contributed by atoms with Gasteiger partial charge in [-0.2, -0.15) is 0 Å². The molecule has 0 heterocycles. The molecular formula is C9H11BrFNO2S. The van der Waals surface area contributed by atoms with Gasteiger partial charge in [0.2, 0.25) is 10.0 Å². The number of rotatable bonds is 4. The summed E-state index contributed by atoms with van der Waals surface area (Å²) in [5.74, 6) is -0.325. The van der Waals surface area contributed by atoms with Crippen LogP contribution >= 0.6 is 15.9 Å². The topological polar surface area (TPSA) is 46.2 Å². The first kappa shape index (κ1) is 12.6. The first-order valence-electron chi connectivity index (χ1n) is 4.27. The summed E-state index contributed by atoms with van der Waals surface area (Å²) in [5.41, 5.74) is 0.487. The molecule has 0 aliphatic heterocycles. The SMILES string of the molecule is CS(=O)(=O)NCCc1cc(Br)ccc1F. The number of nitrogens with one attached hydrogen (secondary N) is 1. The summed E-state index contributed by atoms with van der Waals surface area (Å²) in [6, 6.07) is 4.59. The van der Waals surface area contributed by atoms with Crippen LogP contribution in [0.1, 0.15) is 5.56 Å². The molecule has 6 heteroatoms. The molecule has 1 aromatic rings. The molecule has 0 fully saturated rings. The third-order valence-corrected chi connectivity index (χ3v) is 2.99. The largest absolute Gasteiger partial charge is 0.215 e. The van der Waals surface area contributed by atoms with E-state index in [1.807, 2.05) is 0 Å². The predicted octanol–water partition coefficient (Wildman–Crippen LogP) is 1.68. The van der Waals surface area contributed by atoms with E-state index < -0.39 is 10.0 Å². The Kier molecular flexibility index (Phi) is 4.24. The van der Waals surface area contributed by atoms with Crippen LogP contribution in [-0.2, 0) is 16.4 Å². The lowest BCUT2D eigenvalue weighted by atomic mass is 10.1. The highest BCUT2D eigenvalue weighted by Gasteiger charge is 2.04. The van der Waals surface area contributed by atoms with Gasteiger partial charge in [-0.25, -0.2) is 17.5 Å². The van der Waals surface area contributed by atoms with Crippen molar-refractivity contribution in [3.63, 3.8) is 0 Å². The molecular weight excluding hydrogens is 285 g/mol. The van der Waals surface area contributed by atoms with Crippen LogP contribution in [0.25, 0.3) is 0 Å². The number of sulfonamides is 1. The standard InChI is InChI=1S/C9H11BrFNO2S/c1-15(13,14)12-5-4-7-6-8(10)2-3-9(7)11/h2-3,6,12H,4-5H2,1H3. The highest BCUT2D eigenvalue weighted by Crippen LogP contribution is 2.15. The molecule has 0 aliphatic carbocycles. The van der Waals surface area contributed by atoms with Crippen molar-refractivity contribution in [2.24, 2.45) is 0 Å². The lowest BCUT2D eigenvalue weighted by molar-refractivity contribution is 0.582. The minimum Gasteiger partial charge on any atom is -0.215 e. The molecule has 0 bridgehead atoms.